The number of halogens is 3. The summed E-state index contributed by atoms with van der Waals surface area (Å²) in [5.74, 6) is -0.109. The number of aryl methyl sites for hydroxylation is 1. The van der Waals surface area contributed by atoms with Crippen LogP contribution in [0.3, 0.4) is 0 Å². The van der Waals surface area contributed by atoms with Crippen LogP contribution >= 0.6 is 11.8 Å². The van der Waals surface area contributed by atoms with E-state index in [-0.39, 0.29) is 17.8 Å². The quantitative estimate of drug-likeness (QED) is 0.576. The number of carbonyl (C=O) groups excluding carboxylic acids is 2. The average molecular weight is 483 g/mol. The van der Waals surface area contributed by atoms with Crippen LogP contribution in [0.1, 0.15) is 54.5 Å². The van der Waals surface area contributed by atoms with Gasteiger partial charge in [-0.3, -0.25) is 14.5 Å². The summed E-state index contributed by atoms with van der Waals surface area (Å²) in [7, 11) is 0. The van der Waals surface area contributed by atoms with Crippen molar-refractivity contribution in [3.8, 4) is 0 Å². The van der Waals surface area contributed by atoms with Crippen molar-refractivity contribution in [3.05, 3.63) is 41.2 Å². The highest BCUT2D eigenvalue weighted by atomic mass is 32.2. The highest BCUT2D eigenvalue weighted by molar-refractivity contribution is 8.00. The molecule has 0 saturated carbocycles. The first-order valence-corrected chi connectivity index (χ1v) is 11.9. The summed E-state index contributed by atoms with van der Waals surface area (Å²) < 4.78 is 45.7. The van der Waals surface area contributed by atoms with Crippen molar-refractivity contribution in [1.82, 2.24) is 19.7 Å². The van der Waals surface area contributed by atoms with Crippen LogP contribution in [0, 0.1) is 5.92 Å². The Morgan fingerprint density at radius 2 is 1.88 bits per heavy atom. The van der Waals surface area contributed by atoms with Crippen LogP contribution < -0.4 is 0 Å². The lowest BCUT2D eigenvalue weighted by Gasteiger charge is -2.39. The molecule has 0 radical (unpaired) electrons. The minimum atomic E-state index is -4.44. The van der Waals surface area contributed by atoms with E-state index in [0.29, 0.717) is 55.5 Å². The molecule has 0 aliphatic carbocycles. The number of rotatable bonds is 6. The highest BCUT2D eigenvalue weighted by Crippen LogP contribution is 2.42. The molecular weight excluding hydrogens is 457 g/mol. The van der Waals surface area contributed by atoms with Gasteiger partial charge in [0.05, 0.1) is 24.1 Å². The fourth-order valence-electron chi connectivity index (χ4n) is 4.31. The first kappa shape index (κ1) is 23.7. The lowest BCUT2D eigenvalue weighted by molar-refractivity contribution is -0.149. The summed E-state index contributed by atoms with van der Waals surface area (Å²) in [6, 6.07) is 4.49. The van der Waals surface area contributed by atoms with Crippen molar-refractivity contribution < 1.29 is 27.5 Å². The summed E-state index contributed by atoms with van der Waals surface area (Å²) in [6.45, 7) is 5.03. The van der Waals surface area contributed by atoms with Gasteiger partial charge in [0.15, 0.2) is 11.0 Å². The van der Waals surface area contributed by atoms with Gasteiger partial charge in [-0.25, -0.2) is 4.98 Å². The second-order valence-corrected chi connectivity index (χ2v) is 9.19. The molecule has 11 heteroatoms. The molecule has 0 amide bonds. The molecule has 0 bridgehead atoms. The number of hydrogen-bond acceptors (Lipinski definition) is 7. The number of benzene rings is 1. The monoisotopic (exact) mass is 482 g/mol. The van der Waals surface area contributed by atoms with E-state index in [1.165, 1.54) is 28.6 Å². The standard InChI is InChI=1S/C22H25F3N4O3S/c1-3-16-26-21-29(27-16)19(30)18(33-21)17(13-5-7-15(8-6-13)22(23,24)25)28-11-9-14(10-12-28)20(31)32-4-2/h5-8,14,17-18H,3-4,9-12H2,1-2H3. The number of esters is 1. The lowest BCUT2D eigenvalue weighted by atomic mass is 9.92. The third-order valence-corrected chi connectivity index (χ3v) is 7.22. The van der Waals surface area contributed by atoms with Gasteiger partial charge in [-0.05, 0) is 50.6 Å². The van der Waals surface area contributed by atoms with E-state index in [4.69, 9.17) is 4.74 Å². The Bertz CT molecular complexity index is 1020. The molecule has 4 rings (SSSR count). The molecular formula is C22H25F3N4O3S. The van der Waals surface area contributed by atoms with Gasteiger partial charge in [-0.1, -0.05) is 30.8 Å². The SMILES string of the molecule is CCOC(=O)C1CCN(C(c2ccc(C(F)(F)F)cc2)C2Sc3nc(CC)nn3C2=O)CC1. The van der Waals surface area contributed by atoms with Crippen LogP contribution in [-0.4, -0.2) is 56.5 Å². The molecule has 7 nitrogen and oxygen atoms in total. The summed E-state index contributed by atoms with van der Waals surface area (Å²) in [6.07, 6.45) is -2.72. The molecule has 1 aromatic carbocycles. The van der Waals surface area contributed by atoms with Crippen molar-refractivity contribution in [3.63, 3.8) is 0 Å². The van der Waals surface area contributed by atoms with Crippen molar-refractivity contribution in [2.24, 2.45) is 5.92 Å². The minimum absolute atomic E-state index is 0.217. The third kappa shape index (κ3) is 4.79. The largest absolute Gasteiger partial charge is 0.466 e. The Balaban J connectivity index is 1.60. The van der Waals surface area contributed by atoms with Crippen LogP contribution in [0.15, 0.2) is 29.4 Å². The molecule has 0 N–H and O–H groups in total. The third-order valence-electron chi connectivity index (χ3n) is 6.03. The molecule has 2 atom stereocenters. The molecule has 1 aromatic heterocycles. The zero-order valence-corrected chi connectivity index (χ0v) is 19.2. The van der Waals surface area contributed by atoms with Crippen LogP contribution in [-0.2, 0) is 22.1 Å². The number of fused-ring (bicyclic) bond motifs is 1. The topological polar surface area (TPSA) is 77.3 Å². The molecule has 2 aliphatic rings. The number of thioether (sulfide) groups is 1. The molecule has 3 heterocycles. The summed E-state index contributed by atoms with van der Waals surface area (Å²) in [5, 5.41) is 4.18. The average Bonchev–Trinajstić information content (AvgIpc) is 3.33. The first-order chi connectivity index (χ1) is 15.7. The maximum absolute atomic E-state index is 13.2. The van der Waals surface area contributed by atoms with Gasteiger partial charge in [0, 0.05) is 6.42 Å². The fraction of sp³-hybridized carbons (Fsp3) is 0.545. The van der Waals surface area contributed by atoms with Crippen molar-refractivity contribution in [2.45, 2.75) is 55.7 Å². The number of piperidine rings is 1. The Hall–Kier alpha value is -2.40. The second kappa shape index (κ2) is 9.46. The van der Waals surface area contributed by atoms with E-state index in [1.54, 1.807) is 6.92 Å². The fourth-order valence-corrected chi connectivity index (χ4v) is 5.59. The molecule has 33 heavy (non-hydrogen) atoms. The van der Waals surface area contributed by atoms with E-state index < -0.39 is 23.0 Å². The molecule has 1 fully saturated rings. The molecule has 2 aliphatic heterocycles. The van der Waals surface area contributed by atoms with Crippen molar-refractivity contribution in [1.29, 1.82) is 0 Å². The van der Waals surface area contributed by atoms with Gasteiger partial charge in [0.2, 0.25) is 0 Å². The molecule has 1 saturated heterocycles. The number of aromatic nitrogens is 3. The van der Waals surface area contributed by atoms with Gasteiger partial charge < -0.3 is 4.74 Å². The lowest BCUT2D eigenvalue weighted by Crippen LogP contribution is -2.44. The molecule has 2 unspecified atom stereocenters. The van der Waals surface area contributed by atoms with Crippen LogP contribution in [0.2, 0.25) is 0 Å². The smallest absolute Gasteiger partial charge is 0.416 e. The summed E-state index contributed by atoms with van der Waals surface area (Å²) in [4.78, 5) is 31.8. The van der Waals surface area contributed by atoms with E-state index in [0.717, 1.165) is 12.1 Å². The van der Waals surface area contributed by atoms with E-state index in [9.17, 15) is 22.8 Å². The normalized spacial score (nSPS) is 20.6. The van der Waals surface area contributed by atoms with Gasteiger partial charge in [0.1, 0.15) is 5.25 Å². The number of ether oxygens (including phenoxy) is 1. The highest BCUT2D eigenvalue weighted by Gasteiger charge is 2.44. The number of likely N-dealkylation sites (tertiary alicyclic amines) is 1. The Labute approximate surface area is 193 Å². The number of nitrogens with zero attached hydrogens (tertiary/aromatic N) is 4. The summed E-state index contributed by atoms with van der Waals surface area (Å²) in [5.41, 5.74) is -0.122. The second-order valence-electron chi connectivity index (χ2n) is 8.08. The van der Waals surface area contributed by atoms with Crippen molar-refractivity contribution >= 4 is 23.6 Å². The first-order valence-electron chi connectivity index (χ1n) is 11.0. The van der Waals surface area contributed by atoms with Crippen molar-refractivity contribution in [2.75, 3.05) is 19.7 Å². The number of hydrogen-bond donors (Lipinski definition) is 0. The summed E-state index contributed by atoms with van der Waals surface area (Å²) >= 11 is 1.29. The predicted molar refractivity (Wildman–Crippen MR) is 115 cm³/mol. The van der Waals surface area contributed by atoms with Gasteiger partial charge in [0.25, 0.3) is 5.91 Å². The van der Waals surface area contributed by atoms with Gasteiger partial charge in [-0.15, -0.1) is 5.10 Å². The Morgan fingerprint density at radius 1 is 1.21 bits per heavy atom. The van der Waals surface area contributed by atoms with Crippen LogP contribution in [0.4, 0.5) is 13.2 Å². The maximum Gasteiger partial charge on any atom is 0.416 e. The molecule has 178 valence electrons. The molecule has 2 aromatic rings. The Kier molecular flexibility index (Phi) is 6.81. The molecule has 0 spiro atoms. The van der Waals surface area contributed by atoms with Crippen LogP contribution in [0.25, 0.3) is 0 Å². The van der Waals surface area contributed by atoms with Crippen LogP contribution in [0.5, 0.6) is 0 Å². The van der Waals surface area contributed by atoms with Gasteiger partial charge in [-0.2, -0.15) is 17.9 Å². The number of carbonyl (C=O) groups is 2. The zero-order chi connectivity index (χ0) is 23.8. The zero-order valence-electron chi connectivity index (χ0n) is 18.3. The Morgan fingerprint density at radius 3 is 2.42 bits per heavy atom. The van der Waals surface area contributed by atoms with E-state index >= 15 is 0 Å². The van der Waals surface area contributed by atoms with E-state index in [2.05, 4.69) is 15.0 Å². The van der Waals surface area contributed by atoms with Gasteiger partial charge >= 0.3 is 12.1 Å². The van der Waals surface area contributed by atoms with E-state index in [1.807, 2.05) is 6.92 Å². The minimum Gasteiger partial charge on any atom is -0.466 e. The number of alkyl halides is 3. The maximum atomic E-state index is 13.2. The predicted octanol–water partition coefficient (Wildman–Crippen LogP) is 3.99.